The lowest BCUT2D eigenvalue weighted by Gasteiger charge is -2.21. The zero-order valence-corrected chi connectivity index (χ0v) is 13.5. The summed E-state index contributed by atoms with van der Waals surface area (Å²) in [5.74, 6) is -4.72. The summed E-state index contributed by atoms with van der Waals surface area (Å²) in [5, 5.41) is 35.2. The van der Waals surface area contributed by atoms with E-state index < -0.39 is 34.6 Å². The molecule has 2 atom stereocenters. The van der Waals surface area contributed by atoms with Crippen LogP contribution >= 0.6 is 0 Å². The highest BCUT2D eigenvalue weighted by atomic mass is 16.4. The van der Waals surface area contributed by atoms with E-state index >= 15 is 0 Å². The van der Waals surface area contributed by atoms with Gasteiger partial charge in [-0.05, 0) is 40.1 Å². The minimum Gasteiger partial charge on any atom is -0.504 e. The SMILES string of the molecule is CC1CN(C)C(C)N1C.O=C(O)c1ccc(O)c(O)c1C(=O)O. The molecule has 0 aromatic heterocycles. The Bertz CT molecular complexity index is 592. The zero-order chi connectivity index (χ0) is 17.9. The van der Waals surface area contributed by atoms with Crippen molar-refractivity contribution in [3.63, 3.8) is 0 Å². The highest BCUT2D eigenvalue weighted by molar-refractivity contribution is 6.04. The van der Waals surface area contributed by atoms with E-state index in [1.54, 1.807) is 0 Å². The highest BCUT2D eigenvalue weighted by Gasteiger charge is 2.27. The van der Waals surface area contributed by atoms with Gasteiger partial charge >= 0.3 is 11.9 Å². The number of carboxylic acid groups (broad SMARTS) is 2. The molecule has 1 heterocycles. The second-order valence-electron chi connectivity index (χ2n) is 5.55. The molecule has 8 heteroatoms. The number of carbonyl (C=O) groups is 2. The average Bonchev–Trinajstić information content (AvgIpc) is 2.68. The summed E-state index contributed by atoms with van der Waals surface area (Å²) >= 11 is 0. The summed E-state index contributed by atoms with van der Waals surface area (Å²) in [4.78, 5) is 25.9. The Kier molecular flexibility index (Phi) is 5.94. The van der Waals surface area contributed by atoms with Crippen LogP contribution in [0, 0.1) is 0 Å². The molecule has 0 bridgehead atoms. The van der Waals surface area contributed by atoms with Gasteiger partial charge in [0, 0.05) is 12.6 Å². The van der Waals surface area contributed by atoms with E-state index in [2.05, 4.69) is 37.7 Å². The number of carboxylic acids is 2. The number of hydrogen-bond acceptors (Lipinski definition) is 6. The van der Waals surface area contributed by atoms with Crippen LogP contribution in [0.3, 0.4) is 0 Å². The van der Waals surface area contributed by atoms with Crippen molar-refractivity contribution in [2.75, 3.05) is 20.6 Å². The number of nitrogens with zero attached hydrogens (tertiary/aromatic N) is 2. The third kappa shape index (κ3) is 4.11. The lowest BCUT2D eigenvalue weighted by Crippen LogP contribution is -2.32. The van der Waals surface area contributed by atoms with Gasteiger partial charge in [0.2, 0.25) is 0 Å². The Labute approximate surface area is 134 Å². The van der Waals surface area contributed by atoms with E-state index in [1.807, 2.05) is 0 Å². The van der Waals surface area contributed by atoms with Gasteiger partial charge in [-0.2, -0.15) is 0 Å². The molecule has 1 aromatic rings. The minimum atomic E-state index is -1.61. The van der Waals surface area contributed by atoms with Crippen molar-refractivity contribution in [2.45, 2.75) is 26.1 Å². The molecule has 2 rings (SSSR count). The van der Waals surface area contributed by atoms with Gasteiger partial charge in [-0.15, -0.1) is 0 Å². The molecule has 0 spiro atoms. The van der Waals surface area contributed by atoms with Crippen LogP contribution in [-0.4, -0.2) is 75.0 Å². The highest BCUT2D eigenvalue weighted by Crippen LogP contribution is 2.31. The van der Waals surface area contributed by atoms with Crippen LogP contribution in [0.25, 0.3) is 0 Å². The van der Waals surface area contributed by atoms with Gasteiger partial charge in [-0.1, -0.05) is 0 Å². The fourth-order valence-electron chi connectivity index (χ4n) is 2.35. The molecular formula is C15H22N2O6. The number of benzene rings is 1. The van der Waals surface area contributed by atoms with E-state index in [9.17, 15) is 9.59 Å². The van der Waals surface area contributed by atoms with Crippen molar-refractivity contribution >= 4 is 11.9 Å². The first kappa shape index (κ1) is 18.7. The zero-order valence-electron chi connectivity index (χ0n) is 13.5. The Hall–Kier alpha value is -2.32. The van der Waals surface area contributed by atoms with E-state index in [0.717, 1.165) is 18.2 Å². The predicted molar refractivity (Wildman–Crippen MR) is 83.0 cm³/mol. The Balaban J connectivity index is 0.000000253. The molecule has 0 amide bonds. The summed E-state index contributed by atoms with van der Waals surface area (Å²) in [6.07, 6.45) is 0.625. The van der Waals surface area contributed by atoms with Gasteiger partial charge in [0.1, 0.15) is 5.56 Å². The Morgan fingerprint density at radius 3 is 1.96 bits per heavy atom. The molecule has 0 radical (unpaired) electrons. The monoisotopic (exact) mass is 326 g/mol. The molecule has 1 aromatic carbocycles. The smallest absolute Gasteiger partial charge is 0.340 e. The van der Waals surface area contributed by atoms with Crippen molar-refractivity contribution in [2.24, 2.45) is 0 Å². The Morgan fingerprint density at radius 2 is 1.65 bits per heavy atom. The number of aromatic carboxylic acids is 2. The van der Waals surface area contributed by atoms with Gasteiger partial charge in [-0.3, -0.25) is 9.80 Å². The minimum absolute atomic E-state index is 0.576. The van der Waals surface area contributed by atoms with Crippen LogP contribution in [-0.2, 0) is 0 Å². The quantitative estimate of drug-likeness (QED) is 0.596. The number of phenols is 2. The number of likely N-dealkylation sites (N-methyl/N-ethyl adjacent to an activating group) is 2. The van der Waals surface area contributed by atoms with Crippen LogP contribution in [0.1, 0.15) is 34.6 Å². The van der Waals surface area contributed by atoms with Gasteiger partial charge in [0.05, 0.1) is 11.7 Å². The molecule has 4 N–H and O–H groups in total. The molecule has 2 unspecified atom stereocenters. The standard InChI is InChI=1S/C8H6O6.C7H16N2/c9-4-2-1-3(7(11)12)5(6(4)10)8(13)14;1-6-5-8(3)7(2)9(6)4/h1-2,9-10H,(H,11,12)(H,13,14);6-7H,5H2,1-4H3. The van der Waals surface area contributed by atoms with Crippen LogP contribution in [0.5, 0.6) is 11.5 Å². The van der Waals surface area contributed by atoms with E-state index in [0.29, 0.717) is 6.17 Å². The molecule has 128 valence electrons. The van der Waals surface area contributed by atoms with Crippen LogP contribution in [0.4, 0.5) is 0 Å². The molecule has 0 saturated carbocycles. The lowest BCUT2D eigenvalue weighted by molar-refractivity contribution is 0.0648. The van der Waals surface area contributed by atoms with Crippen molar-refractivity contribution in [3.05, 3.63) is 23.3 Å². The fraction of sp³-hybridized carbons (Fsp3) is 0.467. The predicted octanol–water partition coefficient (Wildman–Crippen LogP) is 1.09. The van der Waals surface area contributed by atoms with Gasteiger partial charge in [0.15, 0.2) is 11.5 Å². The van der Waals surface area contributed by atoms with Crippen LogP contribution < -0.4 is 0 Å². The number of phenolic OH excluding ortho intramolecular Hbond substituents is 1. The maximum Gasteiger partial charge on any atom is 0.340 e. The van der Waals surface area contributed by atoms with Gasteiger partial charge < -0.3 is 20.4 Å². The van der Waals surface area contributed by atoms with E-state index in [1.165, 1.54) is 6.54 Å². The first-order valence-electron chi connectivity index (χ1n) is 7.01. The lowest BCUT2D eigenvalue weighted by atomic mass is 10.1. The normalized spacial score (nSPS) is 21.6. The third-order valence-electron chi connectivity index (χ3n) is 4.08. The number of hydrogen-bond donors (Lipinski definition) is 4. The molecule has 23 heavy (non-hydrogen) atoms. The molecule has 1 aliphatic rings. The molecular weight excluding hydrogens is 304 g/mol. The summed E-state index contributed by atoms with van der Waals surface area (Å²) in [5.41, 5.74) is -1.40. The fourth-order valence-corrected chi connectivity index (χ4v) is 2.35. The topological polar surface area (TPSA) is 122 Å². The summed E-state index contributed by atoms with van der Waals surface area (Å²) in [6, 6.07) is 2.54. The molecule has 1 aliphatic heterocycles. The molecule has 8 nitrogen and oxygen atoms in total. The summed E-state index contributed by atoms with van der Waals surface area (Å²) in [7, 11) is 4.35. The average molecular weight is 326 g/mol. The maximum atomic E-state index is 10.6. The van der Waals surface area contributed by atoms with Gasteiger partial charge in [0.25, 0.3) is 0 Å². The second-order valence-corrected chi connectivity index (χ2v) is 5.55. The van der Waals surface area contributed by atoms with Crippen molar-refractivity contribution in [3.8, 4) is 11.5 Å². The third-order valence-corrected chi connectivity index (χ3v) is 4.08. The summed E-state index contributed by atoms with van der Waals surface area (Å²) in [6.45, 7) is 5.71. The van der Waals surface area contributed by atoms with Gasteiger partial charge in [-0.25, -0.2) is 9.59 Å². The van der Waals surface area contributed by atoms with Crippen molar-refractivity contribution < 1.29 is 30.0 Å². The molecule has 1 saturated heterocycles. The first-order chi connectivity index (χ1) is 10.6. The maximum absolute atomic E-state index is 10.6. The van der Waals surface area contributed by atoms with E-state index in [4.69, 9.17) is 20.4 Å². The molecule has 0 aliphatic carbocycles. The first-order valence-corrected chi connectivity index (χ1v) is 7.01. The Morgan fingerprint density at radius 1 is 1.09 bits per heavy atom. The van der Waals surface area contributed by atoms with E-state index in [-0.39, 0.29) is 0 Å². The van der Waals surface area contributed by atoms with Crippen molar-refractivity contribution in [1.82, 2.24) is 9.80 Å². The number of rotatable bonds is 2. The number of aromatic hydroxyl groups is 2. The summed E-state index contributed by atoms with van der Waals surface area (Å²) < 4.78 is 0. The molecule has 1 fully saturated rings. The van der Waals surface area contributed by atoms with Crippen molar-refractivity contribution in [1.29, 1.82) is 0 Å². The van der Waals surface area contributed by atoms with Crippen LogP contribution in [0.2, 0.25) is 0 Å². The van der Waals surface area contributed by atoms with Crippen LogP contribution in [0.15, 0.2) is 12.1 Å². The second kappa shape index (κ2) is 7.30. The largest absolute Gasteiger partial charge is 0.504 e.